The van der Waals surface area contributed by atoms with Gasteiger partial charge in [-0.1, -0.05) is 38.1 Å². The van der Waals surface area contributed by atoms with Crippen LogP contribution in [-0.2, 0) is 14.8 Å². The third-order valence-corrected chi connectivity index (χ3v) is 17.3. The summed E-state index contributed by atoms with van der Waals surface area (Å²) in [6.45, 7) is 8.51. The number of nitrogens with one attached hydrogen (secondary N) is 3. The molecule has 5 fully saturated rings. The van der Waals surface area contributed by atoms with E-state index in [1.54, 1.807) is 12.3 Å². The standard InChI is InChI=1S/C51H57F2N9O8S/c1-30(2)36-6-3-4-7-37(36)39-8-5-15-60(39)34-22-50(23-34)28-59(29-50)33-9-10-38(40(19-33)61-42-18-31-11-14-54-47(31)56-49(42)70-45-27-68-26-43(45)61)48(63)57-71(66,67)35-20-41(62(64)65)46-44(21-35)69-25-32(55-46)24-58-16-12-51(52,53)13-17-58/h3-4,6-7,9-11,14,18-21,30,32,34,39,43,45,55H,5,8,12-13,15-17,22-29H2,1-2H3,(H,54,56)(H,57,63)/t32-,39-,43-,45-/m0/s1. The lowest BCUT2D eigenvalue weighted by atomic mass is 9.60. The average Bonchev–Trinajstić information content (AvgIpc) is 4.11. The van der Waals surface area contributed by atoms with Crippen molar-refractivity contribution in [1.82, 2.24) is 24.5 Å². The highest BCUT2D eigenvalue weighted by atomic mass is 32.2. The van der Waals surface area contributed by atoms with Gasteiger partial charge in [0, 0.05) is 92.5 Å². The zero-order valence-corrected chi connectivity index (χ0v) is 40.4. The second kappa shape index (κ2) is 17.3. The molecule has 7 aliphatic rings. The first-order chi connectivity index (χ1) is 34.1. The van der Waals surface area contributed by atoms with Gasteiger partial charge in [-0.05, 0) is 79.6 Å². The zero-order valence-electron chi connectivity index (χ0n) is 39.6. The molecule has 20 heteroatoms. The predicted molar refractivity (Wildman–Crippen MR) is 262 cm³/mol. The van der Waals surface area contributed by atoms with E-state index in [9.17, 15) is 32.1 Å². The smallest absolute Gasteiger partial charge is 0.297 e. The van der Waals surface area contributed by atoms with Crippen LogP contribution in [0.4, 0.5) is 37.2 Å². The van der Waals surface area contributed by atoms with E-state index in [1.165, 1.54) is 24.0 Å². The molecular formula is C51H57F2N9O8S. The van der Waals surface area contributed by atoms with E-state index in [2.05, 4.69) is 62.9 Å². The third-order valence-electron chi connectivity index (χ3n) is 16.0. The molecule has 0 unspecified atom stereocenters. The molecule has 6 aliphatic heterocycles. The first-order valence-electron chi connectivity index (χ1n) is 24.8. The molecule has 5 aromatic rings. The molecule has 4 atom stereocenters. The SMILES string of the molecule is CC(C)c1ccccc1[C@@H]1CCCN1C1CC2(C1)CN(c1ccc(C(=O)NS(=O)(=O)c3cc4c(c([N+](=O)[O-])c3)N[C@@H](CN3CCC(F)(F)CC3)CO4)c(N3c4cc5cc[nH]c5nc4O[C@H]4COC[C@@H]43)c1)C2. The monoisotopic (exact) mass is 993 g/mol. The van der Waals surface area contributed by atoms with E-state index in [0.29, 0.717) is 47.4 Å². The number of fused-ring (bicyclic) bond motifs is 4. The van der Waals surface area contributed by atoms with Crippen LogP contribution in [0.2, 0.25) is 0 Å². The number of aromatic amines is 1. The fourth-order valence-electron chi connectivity index (χ4n) is 12.4. The molecule has 17 nitrogen and oxygen atoms in total. The summed E-state index contributed by atoms with van der Waals surface area (Å²) in [4.78, 5) is 42.7. The fourth-order valence-corrected chi connectivity index (χ4v) is 13.4. The molecule has 374 valence electrons. The summed E-state index contributed by atoms with van der Waals surface area (Å²) in [6.07, 6.45) is 5.34. The number of ether oxygens (including phenoxy) is 3. The number of sulfonamides is 1. The molecule has 2 aromatic heterocycles. The molecule has 1 aliphatic carbocycles. The molecule has 0 radical (unpaired) electrons. The Bertz CT molecular complexity index is 3040. The van der Waals surface area contributed by atoms with Crippen LogP contribution in [0, 0.1) is 15.5 Å². The Morgan fingerprint density at radius 1 is 1.00 bits per heavy atom. The molecule has 0 bridgehead atoms. The van der Waals surface area contributed by atoms with Gasteiger partial charge >= 0.3 is 0 Å². The van der Waals surface area contributed by atoms with Crippen molar-refractivity contribution in [2.75, 3.05) is 74.2 Å². The minimum Gasteiger partial charge on any atom is -0.489 e. The van der Waals surface area contributed by atoms with Crippen molar-refractivity contribution in [3.63, 3.8) is 0 Å². The van der Waals surface area contributed by atoms with Gasteiger partial charge in [-0.25, -0.2) is 21.9 Å². The number of likely N-dealkylation sites (tertiary alicyclic amines) is 2. The van der Waals surface area contributed by atoms with Crippen LogP contribution in [0.5, 0.6) is 11.6 Å². The summed E-state index contributed by atoms with van der Waals surface area (Å²) >= 11 is 0. The lowest BCUT2D eigenvalue weighted by molar-refractivity contribution is -0.384. The molecule has 3 aromatic carbocycles. The number of alkyl halides is 2. The highest BCUT2D eigenvalue weighted by molar-refractivity contribution is 7.90. The number of benzene rings is 3. The Morgan fingerprint density at radius 3 is 2.59 bits per heavy atom. The van der Waals surface area contributed by atoms with Crippen molar-refractivity contribution in [2.45, 2.75) is 99.4 Å². The van der Waals surface area contributed by atoms with Gasteiger partial charge in [-0.15, -0.1) is 0 Å². The molecule has 1 saturated carbocycles. The van der Waals surface area contributed by atoms with Gasteiger partial charge in [0.05, 0.1) is 46.4 Å². The van der Waals surface area contributed by atoms with Crippen LogP contribution >= 0.6 is 0 Å². The maximum Gasteiger partial charge on any atom is 0.297 e. The average molecular weight is 994 g/mol. The number of anilines is 4. The lowest BCUT2D eigenvalue weighted by Gasteiger charge is -2.62. The van der Waals surface area contributed by atoms with Crippen molar-refractivity contribution in [1.29, 1.82) is 0 Å². The lowest BCUT2D eigenvalue weighted by Crippen LogP contribution is -2.66. The molecule has 4 saturated heterocycles. The highest BCUT2D eigenvalue weighted by Crippen LogP contribution is 2.55. The quantitative estimate of drug-likeness (QED) is 0.0862. The van der Waals surface area contributed by atoms with E-state index < -0.39 is 55.5 Å². The Balaban J connectivity index is 0.822. The maximum atomic E-state index is 14.7. The second-order valence-electron chi connectivity index (χ2n) is 21.0. The summed E-state index contributed by atoms with van der Waals surface area (Å²) in [7, 11) is -4.75. The van der Waals surface area contributed by atoms with Crippen LogP contribution in [0.1, 0.15) is 85.8 Å². The fraction of sp³-hybridized carbons (Fsp3) is 0.490. The minimum atomic E-state index is -4.75. The summed E-state index contributed by atoms with van der Waals surface area (Å²) in [6, 6.07) is 20.3. The molecule has 1 amide bonds. The number of hydrogen-bond acceptors (Lipinski definition) is 14. The molecule has 12 rings (SSSR count). The molecular weight excluding hydrogens is 937 g/mol. The number of halogens is 2. The maximum absolute atomic E-state index is 14.7. The third kappa shape index (κ3) is 8.29. The Kier molecular flexibility index (Phi) is 11.2. The van der Waals surface area contributed by atoms with Gasteiger partial charge in [0.1, 0.15) is 24.0 Å². The van der Waals surface area contributed by atoms with E-state index in [4.69, 9.17) is 19.2 Å². The van der Waals surface area contributed by atoms with Crippen LogP contribution in [0.15, 0.2) is 77.8 Å². The summed E-state index contributed by atoms with van der Waals surface area (Å²) in [5.41, 5.74) is 5.03. The number of nitro groups is 1. The molecule has 3 N–H and O–H groups in total. The number of piperidine rings is 1. The van der Waals surface area contributed by atoms with Crippen LogP contribution in [-0.4, -0.2) is 128 Å². The summed E-state index contributed by atoms with van der Waals surface area (Å²) < 4.78 is 76.7. The number of aromatic nitrogens is 2. The number of nitro benzene ring substituents is 1. The van der Waals surface area contributed by atoms with Crippen molar-refractivity contribution in [3.8, 4) is 11.6 Å². The number of H-pyrrole nitrogens is 1. The number of carbonyl (C=O) groups excluding carboxylic acids is 1. The normalized spacial score (nSPS) is 24.9. The van der Waals surface area contributed by atoms with Gasteiger partial charge < -0.3 is 39.2 Å². The van der Waals surface area contributed by atoms with E-state index in [0.717, 1.165) is 55.7 Å². The van der Waals surface area contributed by atoms with Gasteiger partial charge in [0.15, 0.2) is 11.4 Å². The topological polar surface area (TPSA) is 188 Å². The van der Waals surface area contributed by atoms with Crippen molar-refractivity contribution in [3.05, 3.63) is 99.7 Å². The minimum absolute atomic E-state index is 0.00449. The number of rotatable bonds is 11. The Labute approximate surface area is 410 Å². The van der Waals surface area contributed by atoms with Crippen molar-refractivity contribution < 1.29 is 41.1 Å². The number of hydrogen-bond donors (Lipinski definition) is 3. The zero-order chi connectivity index (χ0) is 49.0. The first kappa shape index (κ1) is 46.0. The Morgan fingerprint density at radius 2 is 1.80 bits per heavy atom. The van der Waals surface area contributed by atoms with E-state index in [1.807, 2.05) is 34.1 Å². The second-order valence-corrected chi connectivity index (χ2v) is 22.7. The Hall–Kier alpha value is -6.09. The number of amides is 1. The molecule has 8 heterocycles. The van der Waals surface area contributed by atoms with Crippen LogP contribution < -0.4 is 29.3 Å². The van der Waals surface area contributed by atoms with E-state index >= 15 is 0 Å². The van der Waals surface area contributed by atoms with E-state index in [-0.39, 0.29) is 68.2 Å². The van der Waals surface area contributed by atoms with Gasteiger partial charge in [0.25, 0.3) is 27.5 Å². The van der Waals surface area contributed by atoms with Crippen LogP contribution in [0.25, 0.3) is 11.0 Å². The highest BCUT2D eigenvalue weighted by Gasteiger charge is 2.55. The van der Waals surface area contributed by atoms with Crippen molar-refractivity contribution >= 4 is 55.4 Å². The van der Waals surface area contributed by atoms with Crippen molar-refractivity contribution in [2.24, 2.45) is 5.41 Å². The molecule has 1 spiro atoms. The predicted octanol–water partition coefficient (Wildman–Crippen LogP) is 7.72. The largest absolute Gasteiger partial charge is 0.489 e. The molecule has 71 heavy (non-hydrogen) atoms. The van der Waals surface area contributed by atoms with Crippen LogP contribution in [0.3, 0.4) is 0 Å². The number of carbonyl (C=O) groups is 1. The van der Waals surface area contributed by atoms with Gasteiger partial charge in [-0.2, -0.15) is 4.98 Å². The van der Waals surface area contributed by atoms with Gasteiger partial charge in [-0.3, -0.25) is 19.8 Å². The summed E-state index contributed by atoms with van der Waals surface area (Å²) in [5, 5.41) is 16.4. The first-order valence-corrected chi connectivity index (χ1v) is 26.2. The number of pyridine rings is 1. The van der Waals surface area contributed by atoms with Gasteiger partial charge in [0.2, 0.25) is 5.88 Å². The number of nitrogens with zero attached hydrogens (tertiary/aromatic N) is 6. The summed E-state index contributed by atoms with van der Waals surface area (Å²) in [5.74, 6) is -2.96.